The number of carbonyl (C=O) groups is 2. The topological polar surface area (TPSA) is 64.6 Å². The van der Waals surface area contributed by atoms with E-state index < -0.39 is 46.8 Å². The SMILES string of the molecule is COc1cc(C=C2SC(=O)NC2=O)ccc1OCc1ccc(C(F)(F)F)cc1C(F)(F)F. The number of benzene rings is 2. The standard InChI is InChI=1S/C20H13F6NO4S/c1-30-15-6-10(7-16-17(28)27-18(29)32-16)2-5-14(15)31-9-11-3-4-12(19(21,22)23)8-13(11)20(24,25)26/h2-8H,9H2,1H3,(H,27,28,29). The Hall–Kier alpha value is -3.15. The number of rotatable bonds is 5. The van der Waals surface area contributed by atoms with Gasteiger partial charge in [-0.05, 0) is 47.7 Å². The lowest BCUT2D eigenvalue weighted by molar-refractivity contribution is -0.143. The van der Waals surface area contributed by atoms with Gasteiger partial charge in [-0.1, -0.05) is 12.1 Å². The van der Waals surface area contributed by atoms with Gasteiger partial charge < -0.3 is 9.47 Å². The second-order valence-corrected chi connectivity index (χ2v) is 7.43. The Morgan fingerprint density at radius 1 is 0.969 bits per heavy atom. The van der Waals surface area contributed by atoms with Gasteiger partial charge in [0.05, 0.1) is 23.1 Å². The van der Waals surface area contributed by atoms with E-state index >= 15 is 0 Å². The molecule has 32 heavy (non-hydrogen) atoms. The Balaban J connectivity index is 1.85. The van der Waals surface area contributed by atoms with E-state index in [4.69, 9.17) is 9.47 Å². The molecule has 170 valence electrons. The lowest BCUT2D eigenvalue weighted by atomic mass is 10.0. The Kier molecular flexibility index (Phi) is 6.44. The fourth-order valence-corrected chi connectivity index (χ4v) is 3.45. The van der Waals surface area contributed by atoms with Crippen LogP contribution in [0.5, 0.6) is 11.5 Å². The van der Waals surface area contributed by atoms with Crippen molar-refractivity contribution < 1.29 is 45.4 Å². The lowest BCUT2D eigenvalue weighted by Gasteiger charge is -2.17. The fourth-order valence-electron chi connectivity index (χ4n) is 2.76. The van der Waals surface area contributed by atoms with Crippen LogP contribution in [0.3, 0.4) is 0 Å². The maximum Gasteiger partial charge on any atom is 0.416 e. The Morgan fingerprint density at radius 3 is 2.25 bits per heavy atom. The molecule has 1 fully saturated rings. The highest BCUT2D eigenvalue weighted by molar-refractivity contribution is 8.18. The molecular weight excluding hydrogens is 464 g/mol. The third-order valence-electron chi connectivity index (χ3n) is 4.25. The summed E-state index contributed by atoms with van der Waals surface area (Å²) >= 11 is 0.703. The third kappa shape index (κ3) is 5.36. The minimum Gasteiger partial charge on any atom is -0.493 e. The molecule has 0 aliphatic carbocycles. The predicted molar refractivity (Wildman–Crippen MR) is 103 cm³/mol. The zero-order valence-electron chi connectivity index (χ0n) is 16.1. The van der Waals surface area contributed by atoms with E-state index in [-0.39, 0.29) is 22.5 Å². The number of nitrogens with one attached hydrogen (secondary N) is 1. The summed E-state index contributed by atoms with van der Waals surface area (Å²) in [5.74, 6) is -0.432. The van der Waals surface area contributed by atoms with Crippen LogP contribution in [0.2, 0.25) is 0 Å². The van der Waals surface area contributed by atoms with Gasteiger partial charge >= 0.3 is 12.4 Å². The molecule has 1 saturated heterocycles. The minimum atomic E-state index is -5.02. The minimum absolute atomic E-state index is 0.0299. The van der Waals surface area contributed by atoms with Gasteiger partial charge in [-0.2, -0.15) is 26.3 Å². The number of alkyl halides is 6. The van der Waals surface area contributed by atoms with Gasteiger partial charge in [-0.3, -0.25) is 14.9 Å². The number of hydrogen-bond donors (Lipinski definition) is 1. The van der Waals surface area contributed by atoms with Crippen LogP contribution in [0, 0.1) is 0 Å². The molecular formula is C20H13F6NO4S. The van der Waals surface area contributed by atoms with Gasteiger partial charge in [-0.25, -0.2) is 0 Å². The van der Waals surface area contributed by atoms with Crippen molar-refractivity contribution in [2.75, 3.05) is 7.11 Å². The molecule has 0 saturated carbocycles. The molecule has 12 heteroatoms. The first-order valence-corrected chi connectivity index (χ1v) is 9.53. The summed E-state index contributed by atoms with van der Waals surface area (Å²) in [4.78, 5) is 23.0. The van der Waals surface area contributed by atoms with Crippen LogP contribution >= 0.6 is 11.8 Å². The maximum atomic E-state index is 13.3. The molecule has 1 aliphatic heterocycles. The zero-order valence-corrected chi connectivity index (χ0v) is 16.9. The van der Waals surface area contributed by atoms with Crippen molar-refractivity contribution in [2.45, 2.75) is 19.0 Å². The van der Waals surface area contributed by atoms with Gasteiger partial charge in [0.1, 0.15) is 6.61 Å². The highest BCUT2D eigenvalue weighted by Gasteiger charge is 2.38. The molecule has 1 aliphatic rings. The molecule has 2 aromatic rings. The Morgan fingerprint density at radius 2 is 1.69 bits per heavy atom. The molecule has 0 bridgehead atoms. The second kappa shape index (κ2) is 8.77. The first-order chi connectivity index (χ1) is 14.9. The fraction of sp³-hybridized carbons (Fsp3) is 0.200. The third-order valence-corrected chi connectivity index (χ3v) is 5.06. The van der Waals surface area contributed by atoms with Crippen molar-refractivity contribution in [1.82, 2.24) is 5.32 Å². The van der Waals surface area contributed by atoms with E-state index in [2.05, 4.69) is 5.32 Å². The first-order valence-electron chi connectivity index (χ1n) is 8.71. The number of methoxy groups -OCH3 is 1. The molecule has 0 aromatic heterocycles. The molecule has 1 N–H and O–H groups in total. The summed E-state index contributed by atoms with van der Waals surface area (Å²) in [5, 5.41) is 1.57. The van der Waals surface area contributed by atoms with Crippen molar-refractivity contribution in [2.24, 2.45) is 0 Å². The van der Waals surface area contributed by atoms with E-state index in [0.29, 0.717) is 29.5 Å². The second-order valence-electron chi connectivity index (χ2n) is 6.42. The molecule has 0 spiro atoms. The monoisotopic (exact) mass is 477 g/mol. The molecule has 2 aromatic carbocycles. The van der Waals surface area contributed by atoms with Gasteiger partial charge in [0, 0.05) is 5.56 Å². The van der Waals surface area contributed by atoms with Crippen molar-refractivity contribution in [3.63, 3.8) is 0 Å². The maximum absolute atomic E-state index is 13.3. The molecule has 5 nitrogen and oxygen atoms in total. The summed E-state index contributed by atoms with van der Waals surface area (Å²) < 4.78 is 88.8. The molecule has 0 unspecified atom stereocenters. The van der Waals surface area contributed by atoms with Crippen LogP contribution < -0.4 is 14.8 Å². The van der Waals surface area contributed by atoms with Crippen LogP contribution in [-0.2, 0) is 23.8 Å². The van der Waals surface area contributed by atoms with E-state index in [1.807, 2.05) is 0 Å². The van der Waals surface area contributed by atoms with E-state index in [0.717, 1.165) is 0 Å². The van der Waals surface area contributed by atoms with Crippen LogP contribution in [0.4, 0.5) is 31.1 Å². The average molecular weight is 477 g/mol. The summed E-state index contributed by atoms with van der Waals surface area (Å²) in [6.45, 7) is -0.670. The van der Waals surface area contributed by atoms with Gasteiger partial charge in [0.15, 0.2) is 11.5 Å². The molecule has 0 radical (unpaired) electrons. The summed E-state index contributed by atoms with van der Waals surface area (Å²) in [6.07, 6.45) is -8.53. The largest absolute Gasteiger partial charge is 0.493 e. The first kappa shape index (κ1) is 23.5. The van der Waals surface area contributed by atoms with E-state index in [1.165, 1.54) is 31.4 Å². The number of hydrogen-bond acceptors (Lipinski definition) is 5. The Bertz CT molecular complexity index is 1090. The van der Waals surface area contributed by atoms with Crippen LogP contribution in [-0.4, -0.2) is 18.3 Å². The smallest absolute Gasteiger partial charge is 0.416 e. The summed E-state index contributed by atoms with van der Waals surface area (Å²) in [7, 11) is 1.28. The molecule has 2 amide bonds. The highest BCUT2D eigenvalue weighted by atomic mass is 32.2. The number of halogens is 6. The van der Waals surface area contributed by atoms with Crippen LogP contribution in [0.25, 0.3) is 6.08 Å². The summed E-state index contributed by atoms with van der Waals surface area (Å²) in [6, 6.07) is 5.56. The molecule has 3 rings (SSSR count). The van der Waals surface area contributed by atoms with Crippen molar-refractivity contribution in [3.8, 4) is 11.5 Å². The number of imide groups is 1. The van der Waals surface area contributed by atoms with Crippen LogP contribution in [0.1, 0.15) is 22.3 Å². The number of ether oxygens (including phenoxy) is 2. The quantitative estimate of drug-likeness (QED) is 0.446. The van der Waals surface area contributed by atoms with Gasteiger partial charge in [0.25, 0.3) is 11.1 Å². The van der Waals surface area contributed by atoms with Crippen molar-refractivity contribution in [3.05, 3.63) is 63.6 Å². The van der Waals surface area contributed by atoms with E-state index in [1.54, 1.807) is 0 Å². The van der Waals surface area contributed by atoms with Crippen molar-refractivity contribution in [1.29, 1.82) is 0 Å². The Labute approximate surface area is 181 Å². The van der Waals surface area contributed by atoms with Gasteiger partial charge in [0.2, 0.25) is 0 Å². The number of thioether (sulfide) groups is 1. The lowest BCUT2D eigenvalue weighted by Crippen LogP contribution is -2.17. The van der Waals surface area contributed by atoms with Crippen molar-refractivity contribution >= 4 is 29.0 Å². The van der Waals surface area contributed by atoms with E-state index in [9.17, 15) is 35.9 Å². The predicted octanol–water partition coefficient (Wildman–Crippen LogP) is 5.64. The summed E-state index contributed by atoms with van der Waals surface area (Å²) in [5.41, 5.74) is -2.92. The average Bonchev–Trinajstić information content (AvgIpc) is 3.01. The molecule has 0 atom stereocenters. The number of amides is 2. The molecule has 1 heterocycles. The van der Waals surface area contributed by atoms with Crippen LogP contribution in [0.15, 0.2) is 41.3 Å². The zero-order chi connectivity index (χ0) is 23.7. The normalized spacial score (nSPS) is 15.8. The number of carbonyl (C=O) groups excluding carboxylic acids is 2. The van der Waals surface area contributed by atoms with Gasteiger partial charge in [-0.15, -0.1) is 0 Å². The highest BCUT2D eigenvalue weighted by Crippen LogP contribution is 2.38.